The molecule has 0 aliphatic heterocycles. The van der Waals surface area contributed by atoms with Crippen LogP contribution in [0.5, 0.6) is 0 Å². The molecule has 0 radical (unpaired) electrons. The Labute approximate surface area is 116 Å². The molecule has 1 aliphatic rings. The van der Waals surface area contributed by atoms with Crippen LogP contribution in [0.2, 0.25) is 0 Å². The number of nitrogens with one attached hydrogen (secondary N) is 1. The molecule has 1 saturated carbocycles. The summed E-state index contributed by atoms with van der Waals surface area (Å²) in [6.07, 6.45) is 3.69. The van der Waals surface area contributed by atoms with Crippen molar-refractivity contribution in [3.05, 3.63) is 35.4 Å². The molecule has 2 unspecified atom stereocenters. The molecule has 0 aromatic heterocycles. The molecule has 0 heterocycles. The van der Waals surface area contributed by atoms with Crippen LogP contribution in [0, 0.1) is 5.92 Å². The van der Waals surface area contributed by atoms with Crippen molar-refractivity contribution in [3.8, 4) is 0 Å². The molecule has 0 amide bonds. The van der Waals surface area contributed by atoms with Gasteiger partial charge in [-0.1, -0.05) is 38.1 Å². The predicted molar refractivity (Wildman–Crippen MR) is 78.9 cm³/mol. The number of rotatable bonds is 7. The topological polar surface area (TPSA) is 47.3 Å². The third-order valence-corrected chi connectivity index (χ3v) is 4.07. The standard InChI is InChI=1S/C16H26N2O/c1-11(2)13-6-4-12(5-7-13)10-15(18-17)16(19-3)14-8-9-14/h4-7,11,14-16,18H,8-10,17H2,1-3H3. The summed E-state index contributed by atoms with van der Waals surface area (Å²) in [5, 5.41) is 0. The number of hydrogen-bond donors (Lipinski definition) is 2. The van der Waals surface area contributed by atoms with Crippen LogP contribution in [0.4, 0.5) is 0 Å². The third-order valence-electron chi connectivity index (χ3n) is 4.07. The molecule has 3 heteroatoms. The highest BCUT2D eigenvalue weighted by molar-refractivity contribution is 5.25. The van der Waals surface area contributed by atoms with Gasteiger partial charge in [0.2, 0.25) is 0 Å². The van der Waals surface area contributed by atoms with Crippen molar-refractivity contribution in [1.82, 2.24) is 5.43 Å². The zero-order valence-electron chi connectivity index (χ0n) is 12.2. The Morgan fingerprint density at radius 3 is 2.32 bits per heavy atom. The van der Waals surface area contributed by atoms with Crippen molar-refractivity contribution in [2.45, 2.75) is 51.2 Å². The zero-order chi connectivity index (χ0) is 13.8. The maximum absolute atomic E-state index is 5.71. The molecular weight excluding hydrogens is 236 g/mol. The fraction of sp³-hybridized carbons (Fsp3) is 0.625. The van der Waals surface area contributed by atoms with Crippen molar-refractivity contribution in [3.63, 3.8) is 0 Å². The number of nitrogens with two attached hydrogens (primary N) is 1. The van der Waals surface area contributed by atoms with Crippen LogP contribution in [0.3, 0.4) is 0 Å². The van der Waals surface area contributed by atoms with Gasteiger partial charge in [0.25, 0.3) is 0 Å². The zero-order valence-corrected chi connectivity index (χ0v) is 12.2. The van der Waals surface area contributed by atoms with E-state index in [0.29, 0.717) is 11.8 Å². The number of benzene rings is 1. The number of methoxy groups -OCH3 is 1. The van der Waals surface area contributed by atoms with Gasteiger partial charge in [0.1, 0.15) is 0 Å². The Bertz CT molecular complexity index is 384. The van der Waals surface area contributed by atoms with Crippen LogP contribution in [0.15, 0.2) is 24.3 Å². The molecule has 2 atom stereocenters. The Morgan fingerprint density at radius 2 is 1.89 bits per heavy atom. The van der Waals surface area contributed by atoms with E-state index in [-0.39, 0.29) is 12.1 Å². The van der Waals surface area contributed by atoms with Crippen LogP contribution in [-0.2, 0) is 11.2 Å². The minimum atomic E-state index is 0.197. The SMILES string of the molecule is COC(C1CC1)C(Cc1ccc(C(C)C)cc1)NN. The van der Waals surface area contributed by atoms with Crippen LogP contribution >= 0.6 is 0 Å². The third kappa shape index (κ3) is 3.78. The maximum atomic E-state index is 5.71. The molecule has 1 aromatic carbocycles. The number of ether oxygens (including phenoxy) is 1. The Balaban J connectivity index is 2.00. The van der Waals surface area contributed by atoms with Gasteiger partial charge in [-0.25, -0.2) is 0 Å². The average molecular weight is 262 g/mol. The molecule has 1 aromatic rings. The van der Waals surface area contributed by atoms with E-state index in [2.05, 4.69) is 43.5 Å². The molecule has 3 N–H and O–H groups in total. The fourth-order valence-corrected chi connectivity index (χ4v) is 2.67. The lowest BCUT2D eigenvalue weighted by Gasteiger charge is -2.25. The normalized spacial score (nSPS) is 18.6. The van der Waals surface area contributed by atoms with Gasteiger partial charge in [-0.05, 0) is 42.2 Å². The number of hydrogen-bond acceptors (Lipinski definition) is 3. The summed E-state index contributed by atoms with van der Waals surface area (Å²) in [7, 11) is 1.79. The van der Waals surface area contributed by atoms with E-state index in [1.54, 1.807) is 7.11 Å². The smallest absolute Gasteiger partial charge is 0.0769 e. The first-order valence-corrected chi connectivity index (χ1v) is 7.23. The molecule has 1 fully saturated rings. The lowest BCUT2D eigenvalue weighted by molar-refractivity contribution is 0.0511. The van der Waals surface area contributed by atoms with E-state index in [4.69, 9.17) is 10.6 Å². The highest BCUT2D eigenvalue weighted by atomic mass is 16.5. The molecule has 0 saturated heterocycles. The molecule has 2 rings (SSSR count). The van der Waals surface area contributed by atoms with Gasteiger partial charge in [-0.15, -0.1) is 0 Å². The van der Waals surface area contributed by atoms with Crippen LogP contribution < -0.4 is 11.3 Å². The van der Waals surface area contributed by atoms with Crippen molar-refractivity contribution < 1.29 is 4.74 Å². The molecule has 0 spiro atoms. The Morgan fingerprint density at radius 1 is 1.26 bits per heavy atom. The Kier molecular flexibility index (Phi) is 4.97. The van der Waals surface area contributed by atoms with E-state index >= 15 is 0 Å². The second-order valence-corrected chi connectivity index (χ2v) is 5.91. The van der Waals surface area contributed by atoms with Crippen molar-refractivity contribution >= 4 is 0 Å². The summed E-state index contributed by atoms with van der Waals surface area (Å²) in [6.45, 7) is 4.43. The van der Waals surface area contributed by atoms with Gasteiger partial charge in [0, 0.05) is 7.11 Å². The van der Waals surface area contributed by atoms with Gasteiger partial charge in [-0.2, -0.15) is 0 Å². The van der Waals surface area contributed by atoms with Gasteiger partial charge in [0.15, 0.2) is 0 Å². The molecule has 0 bridgehead atoms. The maximum Gasteiger partial charge on any atom is 0.0769 e. The van der Waals surface area contributed by atoms with Crippen molar-refractivity contribution in [2.75, 3.05) is 7.11 Å². The lowest BCUT2D eigenvalue weighted by atomic mass is 9.96. The molecular formula is C16H26N2O. The predicted octanol–water partition coefficient (Wildman–Crippen LogP) is 2.61. The van der Waals surface area contributed by atoms with E-state index in [1.165, 1.54) is 24.0 Å². The summed E-state index contributed by atoms with van der Waals surface area (Å²) in [6, 6.07) is 9.04. The molecule has 1 aliphatic carbocycles. The largest absolute Gasteiger partial charge is 0.379 e. The van der Waals surface area contributed by atoms with Gasteiger partial charge in [0.05, 0.1) is 12.1 Å². The summed E-state index contributed by atoms with van der Waals surface area (Å²) in [4.78, 5) is 0. The minimum Gasteiger partial charge on any atom is -0.379 e. The van der Waals surface area contributed by atoms with E-state index in [0.717, 1.165) is 6.42 Å². The fourth-order valence-electron chi connectivity index (χ4n) is 2.67. The number of hydrazine groups is 1. The van der Waals surface area contributed by atoms with Crippen molar-refractivity contribution in [2.24, 2.45) is 11.8 Å². The van der Waals surface area contributed by atoms with E-state index in [1.807, 2.05) is 0 Å². The van der Waals surface area contributed by atoms with Crippen molar-refractivity contribution in [1.29, 1.82) is 0 Å². The first kappa shape index (κ1) is 14.5. The van der Waals surface area contributed by atoms with Gasteiger partial charge >= 0.3 is 0 Å². The molecule has 106 valence electrons. The first-order valence-electron chi connectivity index (χ1n) is 7.23. The first-order chi connectivity index (χ1) is 9.15. The highest BCUT2D eigenvalue weighted by Crippen LogP contribution is 2.36. The van der Waals surface area contributed by atoms with E-state index < -0.39 is 0 Å². The van der Waals surface area contributed by atoms with Crippen LogP contribution in [0.25, 0.3) is 0 Å². The summed E-state index contributed by atoms with van der Waals surface area (Å²) < 4.78 is 5.62. The second kappa shape index (κ2) is 6.51. The minimum absolute atomic E-state index is 0.197. The lowest BCUT2D eigenvalue weighted by Crippen LogP contribution is -2.47. The van der Waals surface area contributed by atoms with Gasteiger partial charge < -0.3 is 4.74 Å². The van der Waals surface area contributed by atoms with E-state index in [9.17, 15) is 0 Å². The van der Waals surface area contributed by atoms with Crippen LogP contribution in [0.1, 0.15) is 43.7 Å². The average Bonchev–Trinajstić information content (AvgIpc) is 3.23. The molecule has 3 nitrogen and oxygen atoms in total. The Hall–Kier alpha value is -0.900. The summed E-state index contributed by atoms with van der Waals surface area (Å²) >= 11 is 0. The second-order valence-electron chi connectivity index (χ2n) is 5.91. The summed E-state index contributed by atoms with van der Waals surface area (Å²) in [5.74, 6) is 6.97. The van der Waals surface area contributed by atoms with Crippen LogP contribution in [-0.4, -0.2) is 19.3 Å². The molecule has 19 heavy (non-hydrogen) atoms. The highest BCUT2D eigenvalue weighted by Gasteiger charge is 2.36. The monoisotopic (exact) mass is 262 g/mol. The van der Waals surface area contributed by atoms with Gasteiger partial charge in [-0.3, -0.25) is 11.3 Å². The quantitative estimate of drug-likeness (QED) is 0.586. The summed E-state index contributed by atoms with van der Waals surface area (Å²) in [5.41, 5.74) is 5.63.